The van der Waals surface area contributed by atoms with Gasteiger partial charge in [-0.3, -0.25) is 4.79 Å². The van der Waals surface area contributed by atoms with Crippen LogP contribution >= 0.6 is 0 Å². The second-order valence-electron chi connectivity index (χ2n) is 5.19. The van der Waals surface area contributed by atoms with E-state index in [0.717, 1.165) is 6.26 Å². The average Bonchev–Trinajstić information content (AvgIpc) is 2.24. The Kier molecular flexibility index (Phi) is 3.95. The average molecular weight is 285 g/mol. The van der Waals surface area contributed by atoms with Gasteiger partial charge in [0.1, 0.15) is 10.5 Å². The molecule has 0 aliphatic heterocycles. The summed E-state index contributed by atoms with van der Waals surface area (Å²) < 4.78 is 21.7. The first-order valence-corrected chi connectivity index (χ1v) is 7.67. The second kappa shape index (κ2) is 4.85. The molecule has 0 saturated heterocycles. The van der Waals surface area contributed by atoms with E-state index < -0.39 is 20.5 Å². The Morgan fingerprint density at radius 1 is 1.21 bits per heavy atom. The predicted molar refractivity (Wildman–Crippen MR) is 75.1 cm³/mol. The van der Waals surface area contributed by atoms with Crippen molar-refractivity contribution in [1.29, 1.82) is 0 Å². The van der Waals surface area contributed by atoms with Gasteiger partial charge in [0.05, 0.1) is 0 Å². The molecule has 0 unspecified atom stereocenters. The van der Waals surface area contributed by atoms with Gasteiger partial charge in [0.25, 0.3) is 0 Å². The number of carbonyl (C=O) groups is 1. The summed E-state index contributed by atoms with van der Waals surface area (Å²) in [6.45, 7) is 6.15. The van der Waals surface area contributed by atoms with Crippen LogP contribution in [0.25, 0.3) is 0 Å². The van der Waals surface area contributed by atoms with Gasteiger partial charge in [0.15, 0.2) is 9.84 Å². The lowest BCUT2D eigenvalue weighted by Crippen LogP contribution is -2.44. The van der Waals surface area contributed by atoms with E-state index in [1.807, 2.05) is 0 Å². The van der Waals surface area contributed by atoms with Crippen molar-refractivity contribution in [1.82, 2.24) is 0 Å². The molecule has 0 saturated carbocycles. The minimum absolute atomic E-state index is 0.137. The number of rotatable bonds is 3. The molecule has 2 N–H and O–H groups in total. The third kappa shape index (κ3) is 3.07. The van der Waals surface area contributed by atoms with Crippen LogP contribution in [0.15, 0.2) is 12.1 Å². The van der Waals surface area contributed by atoms with E-state index in [2.05, 4.69) is 5.32 Å². The van der Waals surface area contributed by atoms with Crippen LogP contribution < -0.4 is 5.32 Å². The normalized spacial score (nSPS) is 12.3. The van der Waals surface area contributed by atoms with E-state index >= 15 is 0 Å². The van der Waals surface area contributed by atoms with Crippen LogP contribution in [0.2, 0.25) is 0 Å². The third-order valence-corrected chi connectivity index (χ3v) is 5.30. The van der Waals surface area contributed by atoms with Crippen LogP contribution in [0.3, 0.4) is 0 Å². The summed E-state index contributed by atoms with van der Waals surface area (Å²) in [7, 11) is -3.51. The van der Waals surface area contributed by atoms with Crippen LogP contribution in [0, 0.1) is 13.8 Å². The number of sulfone groups is 1. The lowest BCUT2D eigenvalue weighted by Gasteiger charge is -2.22. The number of benzene rings is 1. The maximum atomic E-state index is 12.1. The quantitative estimate of drug-likeness (QED) is 0.829. The summed E-state index contributed by atoms with van der Waals surface area (Å²) in [5.74, 6) is -0.457. The second-order valence-corrected chi connectivity index (χ2v) is 7.76. The molecular weight excluding hydrogens is 266 g/mol. The number of aryl methyl sites for hydroxylation is 2. The van der Waals surface area contributed by atoms with Crippen LogP contribution in [0.4, 0.5) is 5.69 Å². The van der Waals surface area contributed by atoms with Crippen LogP contribution in [-0.2, 0) is 14.6 Å². The van der Waals surface area contributed by atoms with Crippen LogP contribution in [0.5, 0.6) is 5.75 Å². The minimum Gasteiger partial charge on any atom is -0.508 e. The molecule has 0 atom stereocenters. The smallest absolute Gasteiger partial charge is 0.245 e. The molecule has 6 heteroatoms. The van der Waals surface area contributed by atoms with Crippen molar-refractivity contribution in [2.24, 2.45) is 0 Å². The standard InChI is InChI=1S/C13H19NO4S/c1-8-7-11(15)9(2)6-10(8)14-12(16)13(3,4)19(5,17)18/h6-7,15H,1-5H3,(H,14,16). The molecule has 19 heavy (non-hydrogen) atoms. The highest BCUT2D eigenvalue weighted by Crippen LogP contribution is 2.26. The maximum absolute atomic E-state index is 12.1. The Morgan fingerprint density at radius 2 is 1.74 bits per heavy atom. The van der Waals surface area contributed by atoms with Crippen molar-refractivity contribution in [3.63, 3.8) is 0 Å². The molecule has 1 amide bonds. The van der Waals surface area contributed by atoms with Crippen molar-refractivity contribution < 1.29 is 18.3 Å². The molecular formula is C13H19NO4S. The Balaban J connectivity index is 3.11. The number of aromatic hydroxyl groups is 1. The number of phenolic OH excluding ortho intramolecular Hbond substituents is 1. The van der Waals surface area contributed by atoms with E-state index in [-0.39, 0.29) is 5.75 Å². The first-order chi connectivity index (χ1) is 8.46. The zero-order valence-corrected chi connectivity index (χ0v) is 12.6. The summed E-state index contributed by atoms with van der Waals surface area (Å²) in [5, 5.41) is 12.1. The van der Waals surface area contributed by atoms with Gasteiger partial charge in [0, 0.05) is 11.9 Å². The van der Waals surface area contributed by atoms with Gasteiger partial charge in [-0.1, -0.05) is 0 Å². The number of amides is 1. The zero-order valence-electron chi connectivity index (χ0n) is 11.7. The number of anilines is 1. The fourth-order valence-electron chi connectivity index (χ4n) is 1.38. The fourth-order valence-corrected chi connectivity index (χ4v) is 1.76. The third-order valence-electron chi connectivity index (χ3n) is 3.26. The van der Waals surface area contributed by atoms with Gasteiger partial charge in [-0.2, -0.15) is 0 Å². The van der Waals surface area contributed by atoms with E-state index in [1.165, 1.54) is 19.9 Å². The number of hydrogen-bond donors (Lipinski definition) is 2. The Morgan fingerprint density at radius 3 is 2.21 bits per heavy atom. The van der Waals surface area contributed by atoms with E-state index in [4.69, 9.17) is 0 Å². The highest BCUT2D eigenvalue weighted by Gasteiger charge is 2.38. The summed E-state index contributed by atoms with van der Waals surface area (Å²) in [6, 6.07) is 3.14. The van der Waals surface area contributed by atoms with Gasteiger partial charge in [-0.05, 0) is 51.0 Å². The molecule has 0 spiro atoms. The van der Waals surface area contributed by atoms with Crippen LogP contribution in [0.1, 0.15) is 25.0 Å². The van der Waals surface area contributed by atoms with Crippen molar-refractivity contribution in [2.75, 3.05) is 11.6 Å². The maximum Gasteiger partial charge on any atom is 0.245 e. The molecule has 1 aromatic rings. The number of hydrogen-bond acceptors (Lipinski definition) is 4. The Bertz CT molecular complexity index is 618. The number of phenols is 1. The summed E-state index contributed by atoms with van der Waals surface area (Å²) in [6.07, 6.45) is 1.03. The molecule has 5 nitrogen and oxygen atoms in total. The molecule has 0 fully saturated rings. The minimum atomic E-state index is -3.51. The van der Waals surface area contributed by atoms with E-state index in [9.17, 15) is 18.3 Å². The van der Waals surface area contributed by atoms with Gasteiger partial charge in [-0.25, -0.2) is 8.42 Å². The molecule has 1 rings (SSSR count). The summed E-state index contributed by atoms with van der Waals surface area (Å²) in [5.41, 5.74) is 1.77. The van der Waals surface area contributed by atoms with E-state index in [0.29, 0.717) is 16.8 Å². The fraction of sp³-hybridized carbons (Fsp3) is 0.462. The van der Waals surface area contributed by atoms with Gasteiger partial charge in [-0.15, -0.1) is 0 Å². The largest absolute Gasteiger partial charge is 0.508 e. The topological polar surface area (TPSA) is 83.5 Å². The predicted octanol–water partition coefficient (Wildman–Crippen LogP) is 1.77. The molecule has 0 bridgehead atoms. The van der Waals surface area contributed by atoms with Crippen molar-refractivity contribution in [3.8, 4) is 5.75 Å². The van der Waals surface area contributed by atoms with Gasteiger partial charge < -0.3 is 10.4 Å². The molecule has 0 aromatic heterocycles. The van der Waals surface area contributed by atoms with E-state index in [1.54, 1.807) is 19.9 Å². The van der Waals surface area contributed by atoms with Crippen molar-refractivity contribution >= 4 is 21.4 Å². The molecule has 0 aliphatic rings. The molecule has 1 aromatic carbocycles. The first kappa shape index (κ1) is 15.5. The monoisotopic (exact) mass is 285 g/mol. The molecule has 0 radical (unpaired) electrons. The lowest BCUT2D eigenvalue weighted by atomic mass is 10.1. The molecule has 0 aliphatic carbocycles. The SMILES string of the molecule is Cc1cc(NC(=O)C(C)(C)S(C)(=O)=O)c(C)cc1O. The molecule has 0 heterocycles. The Labute approximate surface area is 113 Å². The van der Waals surface area contributed by atoms with Crippen molar-refractivity contribution in [3.05, 3.63) is 23.3 Å². The van der Waals surface area contributed by atoms with Crippen molar-refractivity contribution in [2.45, 2.75) is 32.4 Å². The Hall–Kier alpha value is -1.56. The van der Waals surface area contributed by atoms with Gasteiger partial charge >= 0.3 is 0 Å². The first-order valence-electron chi connectivity index (χ1n) is 5.78. The van der Waals surface area contributed by atoms with Gasteiger partial charge in [0.2, 0.25) is 5.91 Å². The highest BCUT2D eigenvalue weighted by molar-refractivity contribution is 7.92. The lowest BCUT2D eigenvalue weighted by molar-refractivity contribution is -0.117. The number of nitrogens with one attached hydrogen (secondary N) is 1. The summed E-state index contributed by atoms with van der Waals surface area (Å²) >= 11 is 0. The summed E-state index contributed by atoms with van der Waals surface area (Å²) in [4.78, 5) is 12.1. The zero-order chi connectivity index (χ0) is 15.0. The number of carbonyl (C=O) groups excluding carboxylic acids is 1. The highest BCUT2D eigenvalue weighted by atomic mass is 32.2. The van der Waals surface area contributed by atoms with Crippen LogP contribution in [-0.4, -0.2) is 30.4 Å². The molecule has 106 valence electrons.